The largest absolute Gasteiger partial charge is 0.481 e. The molecule has 1 aromatic rings. The summed E-state index contributed by atoms with van der Waals surface area (Å²) in [6.07, 6.45) is 1.09. The molecule has 2 rings (SSSR count). The van der Waals surface area contributed by atoms with Crippen molar-refractivity contribution in [1.29, 1.82) is 0 Å². The average molecular weight is 293 g/mol. The van der Waals surface area contributed by atoms with E-state index in [0.29, 0.717) is 25.1 Å². The van der Waals surface area contributed by atoms with Gasteiger partial charge in [0.15, 0.2) is 0 Å². The number of hydrogen-bond donors (Lipinski definition) is 1. The molecule has 21 heavy (non-hydrogen) atoms. The fraction of sp³-hybridized carbons (Fsp3) is 0.500. The molecule has 0 spiro atoms. The van der Waals surface area contributed by atoms with Crippen LogP contribution < -0.4 is 4.90 Å². The number of rotatable bonds is 4. The molecular weight excluding hydrogens is 273 g/mol. The highest BCUT2D eigenvalue weighted by atomic mass is 19.1. The van der Waals surface area contributed by atoms with Gasteiger partial charge >= 0.3 is 5.97 Å². The highest BCUT2D eigenvalue weighted by molar-refractivity contribution is 5.97. The number of nitrogens with zero attached hydrogens (tertiary/aromatic N) is 1. The van der Waals surface area contributed by atoms with Crippen molar-refractivity contribution in [2.24, 2.45) is 17.8 Å². The lowest BCUT2D eigenvalue weighted by molar-refractivity contribution is -0.145. The van der Waals surface area contributed by atoms with E-state index in [1.807, 2.05) is 6.92 Å². The van der Waals surface area contributed by atoms with Gasteiger partial charge in [0.05, 0.1) is 11.8 Å². The number of benzene rings is 1. The Bertz CT molecular complexity index is 546. The molecule has 1 amide bonds. The van der Waals surface area contributed by atoms with E-state index in [0.717, 1.165) is 0 Å². The molecule has 0 aliphatic heterocycles. The molecule has 0 saturated heterocycles. The van der Waals surface area contributed by atoms with Gasteiger partial charge in [0.1, 0.15) is 5.82 Å². The quantitative estimate of drug-likeness (QED) is 0.928. The summed E-state index contributed by atoms with van der Waals surface area (Å²) < 4.78 is 13.3. The number of halogens is 1. The van der Waals surface area contributed by atoms with E-state index in [1.54, 1.807) is 19.1 Å². The molecule has 0 bridgehead atoms. The summed E-state index contributed by atoms with van der Waals surface area (Å²) in [5.74, 6) is -2.51. The van der Waals surface area contributed by atoms with E-state index in [4.69, 9.17) is 0 Å². The van der Waals surface area contributed by atoms with Crippen molar-refractivity contribution in [3.8, 4) is 0 Å². The monoisotopic (exact) mass is 293 g/mol. The molecule has 1 N–H and O–H groups in total. The van der Waals surface area contributed by atoms with Gasteiger partial charge in [0.25, 0.3) is 0 Å². The minimum absolute atomic E-state index is 0.214. The van der Waals surface area contributed by atoms with Crippen LogP contribution in [0.15, 0.2) is 24.3 Å². The van der Waals surface area contributed by atoms with Gasteiger partial charge in [-0.2, -0.15) is 0 Å². The van der Waals surface area contributed by atoms with Crippen LogP contribution >= 0.6 is 0 Å². The first kappa shape index (κ1) is 15.5. The molecular formula is C16H20FNO3. The van der Waals surface area contributed by atoms with Crippen LogP contribution in [0, 0.1) is 23.6 Å². The first-order chi connectivity index (χ1) is 9.93. The van der Waals surface area contributed by atoms with Gasteiger partial charge in [-0.15, -0.1) is 0 Å². The fourth-order valence-corrected chi connectivity index (χ4v) is 3.15. The zero-order valence-corrected chi connectivity index (χ0v) is 12.3. The summed E-state index contributed by atoms with van der Waals surface area (Å²) in [5, 5.41) is 9.29. The smallest absolute Gasteiger partial charge is 0.307 e. The Morgan fingerprint density at radius 1 is 1.33 bits per heavy atom. The van der Waals surface area contributed by atoms with Crippen molar-refractivity contribution in [3.63, 3.8) is 0 Å². The third-order valence-corrected chi connectivity index (χ3v) is 4.13. The minimum atomic E-state index is -0.923. The van der Waals surface area contributed by atoms with Crippen LogP contribution in [0.5, 0.6) is 0 Å². The summed E-state index contributed by atoms with van der Waals surface area (Å²) in [7, 11) is 0. The Labute approximate surface area is 123 Å². The van der Waals surface area contributed by atoms with E-state index in [9.17, 15) is 19.1 Å². The second-order valence-electron chi connectivity index (χ2n) is 5.69. The topological polar surface area (TPSA) is 57.6 Å². The second kappa shape index (κ2) is 6.24. The first-order valence-electron chi connectivity index (χ1n) is 7.23. The van der Waals surface area contributed by atoms with E-state index < -0.39 is 23.6 Å². The predicted molar refractivity (Wildman–Crippen MR) is 77.4 cm³/mol. The SMILES string of the molecule is CCN(C(=O)C1CC(C)CC1C(=O)O)c1cccc(F)c1. The molecule has 114 valence electrons. The molecule has 5 heteroatoms. The molecule has 0 aromatic heterocycles. The highest BCUT2D eigenvalue weighted by Gasteiger charge is 2.42. The second-order valence-corrected chi connectivity index (χ2v) is 5.69. The zero-order chi connectivity index (χ0) is 15.6. The number of carboxylic acids is 1. The third-order valence-electron chi connectivity index (χ3n) is 4.13. The normalized spacial score (nSPS) is 24.8. The van der Waals surface area contributed by atoms with Gasteiger partial charge in [-0.25, -0.2) is 4.39 Å². The van der Waals surface area contributed by atoms with E-state index in [2.05, 4.69) is 0 Å². The van der Waals surface area contributed by atoms with Gasteiger partial charge in [-0.3, -0.25) is 9.59 Å². The average Bonchev–Trinajstić information content (AvgIpc) is 2.82. The lowest BCUT2D eigenvalue weighted by atomic mass is 9.94. The number of aliphatic carboxylic acids is 1. The van der Waals surface area contributed by atoms with Crippen LogP contribution in [0.2, 0.25) is 0 Å². The van der Waals surface area contributed by atoms with Crippen molar-refractivity contribution in [2.45, 2.75) is 26.7 Å². The number of carbonyl (C=O) groups excluding carboxylic acids is 1. The first-order valence-corrected chi connectivity index (χ1v) is 7.23. The molecule has 1 fully saturated rings. The fourth-order valence-electron chi connectivity index (χ4n) is 3.15. The van der Waals surface area contributed by atoms with Gasteiger partial charge in [-0.05, 0) is 43.9 Å². The number of anilines is 1. The van der Waals surface area contributed by atoms with Crippen LogP contribution in [0.4, 0.5) is 10.1 Å². The molecule has 1 aliphatic rings. The molecule has 1 aromatic carbocycles. The molecule has 0 radical (unpaired) electrons. The van der Waals surface area contributed by atoms with Gasteiger partial charge < -0.3 is 10.0 Å². The Morgan fingerprint density at radius 2 is 2.00 bits per heavy atom. The van der Waals surface area contributed by atoms with Crippen molar-refractivity contribution >= 4 is 17.6 Å². The van der Waals surface area contributed by atoms with E-state index in [1.165, 1.54) is 17.0 Å². The predicted octanol–water partition coefficient (Wildman–Crippen LogP) is 2.93. The Morgan fingerprint density at radius 3 is 2.57 bits per heavy atom. The Kier molecular flexibility index (Phi) is 4.60. The standard InChI is InChI=1S/C16H20FNO3/c1-3-18(12-6-4-5-11(17)9-12)15(19)13-7-10(2)8-14(13)16(20)21/h4-6,9-10,13-14H,3,7-8H2,1-2H3,(H,20,21). The highest BCUT2D eigenvalue weighted by Crippen LogP contribution is 2.38. The van der Waals surface area contributed by atoms with Gasteiger partial charge in [0.2, 0.25) is 5.91 Å². The van der Waals surface area contributed by atoms with E-state index >= 15 is 0 Å². The number of hydrogen-bond acceptors (Lipinski definition) is 2. The lowest BCUT2D eigenvalue weighted by Crippen LogP contribution is -2.39. The maximum Gasteiger partial charge on any atom is 0.307 e. The number of carboxylic acid groups (broad SMARTS) is 1. The maximum absolute atomic E-state index is 13.3. The lowest BCUT2D eigenvalue weighted by Gasteiger charge is -2.26. The van der Waals surface area contributed by atoms with Crippen LogP contribution in [0.3, 0.4) is 0 Å². The maximum atomic E-state index is 13.3. The Balaban J connectivity index is 2.26. The molecule has 1 saturated carbocycles. The summed E-state index contributed by atoms with van der Waals surface area (Å²) in [6, 6.07) is 5.83. The van der Waals surface area contributed by atoms with Crippen LogP contribution in [0.25, 0.3) is 0 Å². The summed E-state index contributed by atoms with van der Waals surface area (Å²) in [4.78, 5) is 25.5. The van der Waals surface area contributed by atoms with Crippen molar-refractivity contribution in [1.82, 2.24) is 0 Å². The van der Waals surface area contributed by atoms with Crippen molar-refractivity contribution < 1.29 is 19.1 Å². The third kappa shape index (κ3) is 3.23. The molecule has 3 unspecified atom stereocenters. The molecule has 0 heterocycles. The van der Waals surface area contributed by atoms with Gasteiger partial charge in [-0.1, -0.05) is 13.0 Å². The van der Waals surface area contributed by atoms with E-state index in [-0.39, 0.29) is 11.8 Å². The van der Waals surface area contributed by atoms with Crippen LogP contribution in [0.1, 0.15) is 26.7 Å². The Hall–Kier alpha value is -1.91. The minimum Gasteiger partial charge on any atom is -0.481 e. The molecule has 4 nitrogen and oxygen atoms in total. The van der Waals surface area contributed by atoms with Crippen molar-refractivity contribution in [2.75, 3.05) is 11.4 Å². The van der Waals surface area contributed by atoms with Crippen LogP contribution in [-0.4, -0.2) is 23.5 Å². The number of carbonyl (C=O) groups is 2. The molecule has 1 aliphatic carbocycles. The van der Waals surface area contributed by atoms with Crippen LogP contribution in [-0.2, 0) is 9.59 Å². The summed E-state index contributed by atoms with van der Waals surface area (Å²) in [5.41, 5.74) is 0.478. The summed E-state index contributed by atoms with van der Waals surface area (Å²) >= 11 is 0. The van der Waals surface area contributed by atoms with Gasteiger partial charge in [0, 0.05) is 12.2 Å². The number of amides is 1. The molecule has 3 atom stereocenters. The van der Waals surface area contributed by atoms with Crippen molar-refractivity contribution in [3.05, 3.63) is 30.1 Å². The summed E-state index contributed by atoms with van der Waals surface area (Å²) in [6.45, 7) is 4.15. The zero-order valence-electron chi connectivity index (χ0n) is 12.3.